The van der Waals surface area contributed by atoms with Gasteiger partial charge in [-0.05, 0) is 31.9 Å². The highest BCUT2D eigenvalue weighted by Crippen LogP contribution is 2.45. The van der Waals surface area contributed by atoms with Crippen molar-refractivity contribution < 1.29 is 4.79 Å². The number of nitrogens with one attached hydrogen (secondary N) is 1. The number of amides is 1. The molecule has 1 fully saturated rings. The second-order valence-corrected chi connectivity index (χ2v) is 4.12. The third-order valence-electron chi connectivity index (χ3n) is 2.88. The van der Waals surface area contributed by atoms with E-state index >= 15 is 0 Å². The summed E-state index contributed by atoms with van der Waals surface area (Å²) in [6, 6.07) is 3.64. The highest BCUT2D eigenvalue weighted by molar-refractivity contribution is 5.97. The predicted molar refractivity (Wildman–Crippen MR) is 58.3 cm³/mol. The Balaban J connectivity index is 2.06. The molecule has 0 unspecified atom stereocenters. The molecule has 2 rings (SSSR count). The molecule has 3 N–H and O–H groups in total. The van der Waals surface area contributed by atoms with Crippen molar-refractivity contribution in [3.8, 4) is 0 Å². The van der Waals surface area contributed by atoms with Crippen LogP contribution >= 0.6 is 0 Å². The number of aromatic nitrogens is 1. The zero-order valence-corrected chi connectivity index (χ0v) is 8.79. The summed E-state index contributed by atoms with van der Waals surface area (Å²) in [6.07, 6.45) is 3.49. The van der Waals surface area contributed by atoms with Crippen molar-refractivity contribution in [1.82, 2.24) is 4.98 Å². The molecule has 0 spiro atoms. The molecule has 0 bridgehead atoms. The molecule has 1 aromatic rings. The van der Waals surface area contributed by atoms with Crippen molar-refractivity contribution >= 4 is 11.6 Å². The summed E-state index contributed by atoms with van der Waals surface area (Å²) in [5, 5.41) is 2.88. The van der Waals surface area contributed by atoms with E-state index in [9.17, 15) is 4.79 Å². The van der Waals surface area contributed by atoms with Crippen molar-refractivity contribution in [2.75, 3.05) is 11.9 Å². The van der Waals surface area contributed by atoms with Gasteiger partial charge in [-0.15, -0.1) is 0 Å². The van der Waals surface area contributed by atoms with Gasteiger partial charge in [-0.3, -0.25) is 9.78 Å². The SMILES string of the molecule is Cc1cc(NC(=O)C2(CN)CC2)ccn1. The summed E-state index contributed by atoms with van der Waals surface area (Å²) in [5.41, 5.74) is 6.98. The van der Waals surface area contributed by atoms with Crippen molar-refractivity contribution in [2.45, 2.75) is 19.8 Å². The third kappa shape index (κ3) is 1.99. The van der Waals surface area contributed by atoms with E-state index in [2.05, 4.69) is 10.3 Å². The molecule has 15 heavy (non-hydrogen) atoms. The fourth-order valence-electron chi connectivity index (χ4n) is 1.56. The van der Waals surface area contributed by atoms with Gasteiger partial charge >= 0.3 is 0 Å². The number of aryl methyl sites for hydroxylation is 1. The van der Waals surface area contributed by atoms with E-state index in [-0.39, 0.29) is 11.3 Å². The van der Waals surface area contributed by atoms with E-state index in [4.69, 9.17) is 5.73 Å². The van der Waals surface area contributed by atoms with Gasteiger partial charge in [0.1, 0.15) is 0 Å². The molecule has 0 atom stereocenters. The van der Waals surface area contributed by atoms with Gasteiger partial charge in [0.15, 0.2) is 0 Å². The Hall–Kier alpha value is -1.42. The molecule has 1 aromatic heterocycles. The first-order valence-electron chi connectivity index (χ1n) is 5.10. The van der Waals surface area contributed by atoms with E-state index in [0.717, 1.165) is 24.2 Å². The van der Waals surface area contributed by atoms with E-state index in [1.54, 1.807) is 12.3 Å². The van der Waals surface area contributed by atoms with Crippen LogP contribution in [0.4, 0.5) is 5.69 Å². The lowest BCUT2D eigenvalue weighted by atomic mass is 10.1. The summed E-state index contributed by atoms with van der Waals surface area (Å²) in [7, 11) is 0. The van der Waals surface area contributed by atoms with Crippen LogP contribution in [0.3, 0.4) is 0 Å². The first-order chi connectivity index (χ1) is 7.16. The van der Waals surface area contributed by atoms with E-state index in [1.807, 2.05) is 13.0 Å². The van der Waals surface area contributed by atoms with Gasteiger partial charge in [-0.1, -0.05) is 0 Å². The van der Waals surface area contributed by atoms with Crippen LogP contribution < -0.4 is 11.1 Å². The van der Waals surface area contributed by atoms with Crippen LogP contribution in [-0.4, -0.2) is 17.4 Å². The second-order valence-electron chi connectivity index (χ2n) is 4.12. The molecule has 4 heteroatoms. The number of carbonyl (C=O) groups is 1. The van der Waals surface area contributed by atoms with E-state index in [0.29, 0.717) is 6.54 Å². The van der Waals surface area contributed by atoms with Gasteiger partial charge in [-0.2, -0.15) is 0 Å². The number of carbonyl (C=O) groups excluding carboxylic acids is 1. The molecule has 1 amide bonds. The Morgan fingerprint density at radius 1 is 1.67 bits per heavy atom. The van der Waals surface area contributed by atoms with Crippen LogP contribution in [0, 0.1) is 12.3 Å². The molecule has 1 aliphatic rings. The minimum atomic E-state index is -0.294. The van der Waals surface area contributed by atoms with Crippen LogP contribution in [0.5, 0.6) is 0 Å². The number of pyridine rings is 1. The maximum absolute atomic E-state index is 11.8. The normalized spacial score (nSPS) is 17.2. The predicted octanol–water partition coefficient (Wildman–Crippen LogP) is 1.07. The number of rotatable bonds is 3. The van der Waals surface area contributed by atoms with Gasteiger partial charge in [0.05, 0.1) is 5.41 Å². The quantitative estimate of drug-likeness (QED) is 0.775. The van der Waals surface area contributed by atoms with E-state index < -0.39 is 0 Å². The van der Waals surface area contributed by atoms with Crippen molar-refractivity contribution in [3.63, 3.8) is 0 Å². The maximum atomic E-state index is 11.8. The molecule has 0 radical (unpaired) electrons. The second kappa shape index (κ2) is 3.62. The van der Waals surface area contributed by atoms with Crippen LogP contribution in [-0.2, 0) is 4.79 Å². The maximum Gasteiger partial charge on any atom is 0.231 e. The van der Waals surface area contributed by atoms with Crippen LogP contribution in [0.15, 0.2) is 18.3 Å². The number of hydrogen-bond donors (Lipinski definition) is 2. The molecule has 1 aliphatic carbocycles. The molecule has 0 saturated heterocycles. The fraction of sp³-hybridized carbons (Fsp3) is 0.455. The number of anilines is 1. The molecule has 4 nitrogen and oxygen atoms in total. The van der Waals surface area contributed by atoms with Crippen LogP contribution in [0.2, 0.25) is 0 Å². The first kappa shape index (κ1) is 10.1. The zero-order valence-electron chi connectivity index (χ0n) is 8.79. The Morgan fingerprint density at radius 2 is 2.40 bits per heavy atom. The van der Waals surface area contributed by atoms with Crippen LogP contribution in [0.25, 0.3) is 0 Å². The summed E-state index contributed by atoms with van der Waals surface area (Å²) in [5.74, 6) is 0.0376. The topological polar surface area (TPSA) is 68.0 Å². The number of nitrogens with two attached hydrogens (primary N) is 1. The lowest BCUT2D eigenvalue weighted by Crippen LogP contribution is -2.30. The fourth-order valence-corrected chi connectivity index (χ4v) is 1.56. The molecule has 1 heterocycles. The third-order valence-corrected chi connectivity index (χ3v) is 2.88. The monoisotopic (exact) mass is 205 g/mol. The number of hydrogen-bond acceptors (Lipinski definition) is 3. The standard InChI is InChI=1S/C11H15N3O/c1-8-6-9(2-5-13-8)14-10(15)11(7-12)3-4-11/h2,5-6H,3-4,7,12H2,1H3,(H,13,14,15). The molecule has 1 saturated carbocycles. The first-order valence-corrected chi connectivity index (χ1v) is 5.10. The lowest BCUT2D eigenvalue weighted by molar-refractivity contribution is -0.120. The highest BCUT2D eigenvalue weighted by atomic mass is 16.2. The molecular weight excluding hydrogens is 190 g/mol. The molecule has 0 aromatic carbocycles. The molecule has 0 aliphatic heterocycles. The Kier molecular flexibility index (Phi) is 2.44. The highest BCUT2D eigenvalue weighted by Gasteiger charge is 2.48. The van der Waals surface area contributed by atoms with Crippen LogP contribution in [0.1, 0.15) is 18.5 Å². The Morgan fingerprint density at radius 3 is 2.93 bits per heavy atom. The zero-order chi connectivity index (χ0) is 10.9. The summed E-state index contributed by atoms with van der Waals surface area (Å²) >= 11 is 0. The van der Waals surface area contributed by atoms with Gasteiger partial charge in [0.2, 0.25) is 5.91 Å². The summed E-state index contributed by atoms with van der Waals surface area (Å²) in [6.45, 7) is 2.33. The molecular formula is C11H15N3O. The molecule has 80 valence electrons. The Labute approximate surface area is 88.9 Å². The summed E-state index contributed by atoms with van der Waals surface area (Å²) in [4.78, 5) is 15.9. The average Bonchev–Trinajstić information content (AvgIpc) is 2.98. The smallest absolute Gasteiger partial charge is 0.231 e. The average molecular weight is 205 g/mol. The van der Waals surface area contributed by atoms with Crippen molar-refractivity contribution in [1.29, 1.82) is 0 Å². The van der Waals surface area contributed by atoms with Gasteiger partial charge < -0.3 is 11.1 Å². The lowest BCUT2D eigenvalue weighted by Gasteiger charge is -2.12. The van der Waals surface area contributed by atoms with Crippen molar-refractivity contribution in [2.24, 2.45) is 11.1 Å². The van der Waals surface area contributed by atoms with Gasteiger partial charge in [0, 0.05) is 24.1 Å². The Bertz CT molecular complexity index is 385. The van der Waals surface area contributed by atoms with Gasteiger partial charge in [0.25, 0.3) is 0 Å². The van der Waals surface area contributed by atoms with Gasteiger partial charge in [-0.25, -0.2) is 0 Å². The van der Waals surface area contributed by atoms with E-state index in [1.165, 1.54) is 0 Å². The minimum Gasteiger partial charge on any atom is -0.329 e. The minimum absolute atomic E-state index is 0.0376. The largest absolute Gasteiger partial charge is 0.329 e. The van der Waals surface area contributed by atoms with Crippen molar-refractivity contribution in [3.05, 3.63) is 24.0 Å². The summed E-state index contributed by atoms with van der Waals surface area (Å²) < 4.78 is 0. The number of nitrogens with zero attached hydrogens (tertiary/aromatic N) is 1.